The van der Waals surface area contributed by atoms with Gasteiger partial charge in [-0.25, -0.2) is 4.39 Å². The molecule has 0 bridgehead atoms. The third kappa shape index (κ3) is 3.22. The predicted octanol–water partition coefficient (Wildman–Crippen LogP) is 3.95. The summed E-state index contributed by atoms with van der Waals surface area (Å²) in [6.45, 7) is 0. The van der Waals surface area contributed by atoms with Gasteiger partial charge >= 0.3 is 0 Å². The van der Waals surface area contributed by atoms with Crippen LogP contribution in [0.2, 0.25) is 5.02 Å². The first-order valence-corrected chi connectivity index (χ1v) is 7.01. The Morgan fingerprint density at radius 1 is 1.22 bits per heavy atom. The van der Waals surface area contributed by atoms with E-state index in [0.29, 0.717) is 5.92 Å². The van der Waals surface area contributed by atoms with Crippen LogP contribution in [-0.4, -0.2) is 0 Å². The Hall–Kier alpha value is -0.640. The summed E-state index contributed by atoms with van der Waals surface area (Å²) in [5.41, 5.74) is 3.75. The zero-order valence-corrected chi connectivity index (χ0v) is 11.2. The van der Waals surface area contributed by atoms with Crippen molar-refractivity contribution in [1.29, 1.82) is 0 Å². The van der Waals surface area contributed by atoms with Gasteiger partial charge in [0.25, 0.3) is 0 Å². The van der Waals surface area contributed by atoms with Gasteiger partial charge < -0.3 is 0 Å². The largest absolute Gasteiger partial charge is 0.271 e. The summed E-state index contributed by atoms with van der Waals surface area (Å²) in [6.07, 6.45) is 7.36. The fraction of sp³-hybridized carbons (Fsp3) is 0.571. The molecule has 1 fully saturated rings. The van der Waals surface area contributed by atoms with Crippen molar-refractivity contribution in [3.05, 3.63) is 34.6 Å². The van der Waals surface area contributed by atoms with E-state index in [9.17, 15) is 4.39 Å². The van der Waals surface area contributed by atoms with Crippen LogP contribution in [0.4, 0.5) is 4.39 Å². The van der Waals surface area contributed by atoms with Gasteiger partial charge in [-0.2, -0.15) is 0 Å². The minimum absolute atomic E-state index is 0.0230. The topological polar surface area (TPSA) is 38.0 Å². The lowest BCUT2D eigenvalue weighted by Gasteiger charge is -2.26. The Labute approximate surface area is 113 Å². The Kier molecular flexibility index (Phi) is 4.98. The first-order chi connectivity index (χ1) is 8.72. The molecule has 2 nitrogen and oxygen atoms in total. The van der Waals surface area contributed by atoms with Crippen LogP contribution in [0.3, 0.4) is 0 Å². The van der Waals surface area contributed by atoms with E-state index in [1.165, 1.54) is 31.7 Å². The third-order valence-electron chi connectivity index (χ3n) is 3.85. The normalized spacial score (nSPS) is 19.5. The molecule has 1 aliphatic rings. The highest BCUT2D eigenvalue weighted by atomic mass is 35.5. The summed E-state index contributed by atoms with van der Waals surface area (Å²) in [5.74, 6) is 5.78. The summed E-state index contributed by atoms with van der Waals surface area (Å²) in [4.78, 5) is 0. The second kappa shape index (κ2) is 6.50. The van der Waals surface area contributed by atoms with Gasteiger partial charge in [0.05, 0.1) is 5.02 Å². The molecule has 100 valence electrons. The van der Waals surface area contributed by atoms with Gasteiger partial charge in [-0.15, -0.1) is 0 Å². The zero-order chi connectivity index (χ0) is 13.0. The molecule has 0 aromatic heterocycles. The van der Waals surface area contributed by atoms with Gasteiger partial charge in [0, 0.05) is 6.04 Å². The molecule has 1 aromatic rings. The molecule has 0 saturated heterocycles. The van der Waals surface area contributed by atoms with Crippen molar-refractivity contribution in [2.24, 2.45) is 11.8 Å². The molecule has 1 aromatic carbocycles. The second-order valence-corrected chi connectivity index (χ2v) is 5.48. The van der Waals surface area contributed by atoms with E-state index in [-0.39, 0.29) is 16.9 Å². The van der Waals surface area contributed by atoms with Crippen LogP contribution >= 0.6 is 11.6 Å². The smallest absolute Gasteiger partial charge is 0.142 e. The molecule has 1 saturated carbocycles. The Balaban J connectivity index is 2.17. The highest BCUT2D eigenvalue weighted by molar-refractivity contribution is 6.30. The maximum atomic E-state index is 13.5. The lowest BCUT2D eigenvalue weighted by molar-refractivity contribution is 0.328. The maximum Gasteiger partial charge on any atom is 0.142 e. The quantitative estimate of drug-likeness (QED) is 0.496. The molecular formula is C14H20ClFN2. The molecule has 2 rings (SSSR count). The Morgan fingerprint density at radius 2 is 1.89 bits per heavy atom. The van der Waals surface area contributed by atoms with Crippen molar-refractivity contribution in [2.75, 3.05) is 0 Å². The molecular weight excluding hydrogens is 251 g/mol. The second-order valence-electron chi connectivity index (χ2n) is 5.07. The molecule has 18 heavy (non-hydrogen) atoms. The summed E-state index contributed by atoms with van der Waals surface area (Å²) in [6, 6.07) is 4.99. The van der Waals surface area contributed by atoms with Crippen molar-refractivity contribution in [3.8, 4) is 0 Å². The van der Waals surface area contributed by atoms with E-state index in [4.69, 9.17) is 17.4 Å². The molecule has 0 spiro atoms. The number of benzene rings is 1. The number of hydrogen-bond acceptors (Lipinski definition) is 2. The van der Waals surface area contributed by atoms with Crippen LogP contribution in [-0.2, 0) is 0 Å². The van der Waals surface area contributed by atoms with Gasteiger partial charge in [0.1, 0.15) is 5.82 Å². The van der Waals surface area contributed by atoms with Gasteiger partial charge in [-0.05, 0) is 36.5 Å². The van der Waals surface area contributed by atoms with E-state index < -0.39 is 0 Å². The van der Waals surface area contributed by atoms with Crippen LogP contribution in [0.1, 0.15) is 50.1 Å². The SMILES string of the molecule is NNC(c1ccc(Cl)c(F)c1)C1CCCCCC1. The first-order valence-electron chi connectivity index (χ1n) is 6.63. The maximum absolute atomic E-state index is 13.5. The predicted molar refractivity (Wildman–Crippen MR) is 72.7 cm³/mol. The van der Waals surface area contributed by atoms with Gasteiger partial charge in [-0.1, -0.05) is 43.4 Å². The summed E-state index contributed by atoms with van der Waals surface area (Å²) < 4.78 is 13.5. The molecule has 0 radical (unpaired) electrons. The minimum atomic E-state index is -0.372. The number of rotatable bonds is 3. The number of hydrazine groups is 1. The van der Waals surface area contributed by atoms with Crippen molar-refractivity contribution in [1.82, 2.24) is 5.43 Å². The molecule has 3 N–H and O–H groups in total. The Bertz CT molecular complexity index is 389. The number of nitrogens with one attached hydrogen (secondary N) is 1. The summed E-state index contributed by atoms with van der Waals surface area (Å²) >= 11 is 5.71. The van der Waals surface area contributed by atoms with Crippen LogP contribution in [0, 0.1) is 11.7 Å². The lowest BCUT2D eigenvalue weighted by atomic mass is 9.87. The van der Waals surface area contributed by atoms with Crippen molar-refractivity contribution in [3.63, 3.8) is 0 Å². The molecule has 0 amide bonds. The van der Waals surface area contributed by atoms with E-state index in [1.54, 1.807) is 6.07 Å². The van der Waals surface area contributed by atoms with Gasteiger partial charge in [0.2, 0.25) is 0 Å². The molecule has 4 heteroatoms. The van der Waals surface area contributed by atoms with Crippen molar-refractivity contribution < 1.29 is 4.39 Å². The summed E-state index contributed by atoms with van der Waals surface area (Å²) in [5, 5.41) is 0.162. The number of nitrogens with two attached hydrogens (primary N) is 1. The highest BCUT2D eigenvalue weighted by Crippen LogP contribution is 2.34. The van der Waals surface area contributed by atoms with Crippen LogP contribution in [0.15, 0.2) is 18.2 Å². The van der Waals surface area contributed by atoms with Gasteiger partial charge in [0.15, 0.2) is 0 Å². The lowest BCUT2D eigenvalue weighted by Crippen LogP contribution is -2.33. The number of hydrogen-bond donors (Lipinski definition) is 2. The molecule has 0 aliphatic heterocycles. The fourth-order valence-corrected chi connectivity index (χ4v) is 2.97. The minimum Gasteiger partial charge on any atom is -0.271 e. The first kappa shape index (κ1) is 13.8. The third-order valence-corrected chi connectivity index (χ3v) is 4.16. The molecule has 1 unspecified atom stereocenters. The average molecular weight is 271 g/mol. The van der Waals surface area contributed by atoms with Crippen LogP contribution < -0.4 is 11.3 Å². The van der Waals surface area contributed by atoms with Crippen molar-refractivity contribution >= 4 is 11.6 Å². The van der Waals surface area contributed by atoms with E-state index in [0.717, 1.165) is 18.4 Å². The molecule has 0 heterocycles. The fourth-order valence-electron chi connectivity index (χ4n) is 2.85. The Morgan fingerprint density at radius 3 is 2.44 bits per heavy atom. The molecule has 1 aliphatic carbocycles. The standard InChI is InChI=1S/C14H20ClFN2/c15-12-8-7-11(9-13(12)16)14(18-17)10-5-3-1-2-4-6-10/h7-10,14,18H,1-6,17H2. The highest BCUT2D eigenvalue weighted by Gasteiger charge is 2.23. The monoisotopic (exact) mass is 270 g/mol. The summed E-state index contributed by atoms with van der Waals surface area (Å²) in [7, 11) is 0. The van der Waals surface area contributed by atoms with Crippen LogP contribution in [0.5, 0.6) is 0 Å². The van der Waals surface area contributed by atoms with E-state index in [2.05, 4.69) is 5.43 Å². The van der Waals surface area contributed by atoms with Crippen molar-refractivity contribution in [2.45, 2.75) is 44.6 Å². The molecule has 1 atom stereocenters. The average Bonchev–Trinajstić information content (AvgIpc) is 2.64. The zero-order valence-electron chi connectivity index (χ0n) is 10.5. The van der Waals surface area contributed by atoms with Gasteiger partial charge in [-0.3, -0.25) is 11.3 Å². The number of halogens is 2. The van der Waals surface area contributed by atoms with Crippen LogP contribution in [0.25, 0.3) is 0 Å². The van der Waals surface area contributed by atoms with E-state index in [1.807, 2.05) is 6.07 Å². The van der Waals surface area contributed by atoms with E-state index >= 15 is 0 Å².